The van der Waals surface area contributed by atoms with Gasteiger partial charge in [-0.3, -0.25) is 9.67 Å². The molecular formula is C15H28IN5O2. The highest BCUT2D eigenvalue weighted by atomic mass is 127. The van der Waals surface area contributed by atoms with E-state index in [-0.39, 0.29) is 30.1 Å². The molecule has 132 valence electrons. The quantitative estimate of drug-likeness (QED) is 0.316. The summed E-state index contributed by atoms with van der Waals surface area (Å²) in [5.74, 6) is 0.954. The highest BCUT2D eigenvalue weighted by molar-refractivity contribution is 14.0. The predicted molar refractivity (Wildman–Crippen MR) is 101 cm³/mol. The van der Waals surface area contributed by atoms with E-state index in [4.69, 9.17) is 9.47 Å². The molecule has 7 nitrogen and oxygen atoms in total. The Kier molecular flexibility index (Phi) is 9.49. The first-order valence-electron chi connectivity index (χ1n) is 7.87. The zero-order valence-corrected chi connectivity index (χ0v) is 16.5. The first kappa shape index (κ1) is 20.2. The Morgan fingerprint density at radius 3 is 3.04 bits per heavy atom. The molecule has 0 amide bonds. The number of hydrogen-bond acceptors (Lipinski definition) is 4. The molecule has 8 heteroatoms. The van der Waals surface area contributed by atoms with Gasteiger partial charge in [0.15, 0.2) is 5.96 Å². The Balaban J connectivity index is 0.00000264. The van der Waals surface area contributed by atoms with E-state index in [1.165, 1.54) is 0 Å². The monoisotopic (exact) mass is 437 g/mol. The average Bonchev–Trinajstić information content (AvgIpc) is 2.97. The summed E-state index contributed by atoms with van der Waals surface area (Å²) in [6.45, 7) is 6.80. The van der Waals surface area contributed by atoms with Gasteiger partial charge in [0.1, 0.15) is 6.10 Å². The molecule has 0 bridgehead atoms. The maximum atomic E-state index is 5.88. The van der Waals surface area contributed by atoms with Crippen molar-refractivity contribution in [3.05, 3.63) is 18.0 Å². The van der Waals surface area contributed by atoms with Crippen LogP contribution in [-0.4, -0.2) is 67.1 Å². The second-order valence-corrected chi connectivity index (χ2v) is 5.33. The number of morpholine rings is 1. The van der Waals surface area contributed by atoms with Gasteiger partial charge < -0.3 is 19.7 Å². The van der Waals surface area contributed by atoms with Crippen molar-refractivity contribution in [2.75, 3.05) is 46.5 Å². The molecule has 0 radical (unpaired) electrons. The van der Waals surface area contributed by atoms with Gasteiger partial charge in [-0.05, 0) is 13.3 Å². The summed E-state index contributed by atoms with van der Waals surface area (Å²) < 4.78 is 12.8. The van der Waals surface area contributed by atoms with Crippen LogP contribution in [0.15, 0.2) is 17.4 Å². The molecule has 1 aliphatic heterocycles. The Hall–Kier alpha value is -0.870. The summed E-state index contributed by atoms with van der Waals surface area (Å²) in [5, 5.41) is 7.59. The first-order chi connectivity index (χ1) is 10.7. The summed E-state index contributed by atoms with van der Waals surface area (Å²) >= 11 is 0. The molecule has 1 aromatic rings. The third-order valence-corrected chi connectivity index (χ3v) is 3.57. The smallest absolute Gasteiger partial charge is 0.194 e. The van der Waals surface area contributed by atoms with Crippen LogP contribution < -0.4 is 5.32 Å². The molecule has 0 saturated carbocycles. The van der Waals surface area contributed by atoms with Crippen LogP contribution in [-0.2, 0) is 16.5 Å². The topological polar surface area (TPSA) is 63.9 Å². The van der Waals surface area contributed by atoms with E-state index in [9.17, 15) is 0 Å². The fourth-order valence-corrected chi connectivity index (χ4v) is 2.47. The van der Waals surface area contributed by atoms with Crippen LogP contribution in [0.4, 0.5) is 0 Å². The fraction of sp³-hybridized carbons (Fsp3) is 0.733. The lowest BCUT2D eigenvalue weighted by Crippen LogP contribution is -2.48. The van der Waals surface area contributed by atoms with Gasteiger partial charge in [-0.2, -0.15) is 5.10 Å². The number of halogens is 1. The lowest BCUT2D eigenvalue weighted by Gasteiger charge is -2.34. The second kappa shape index (κ2) is 10.8. The molecule has 2 rings (SSSR count). The summed E-state index contributed by atoms with van der Waals surface area (Å²) in [4.78, 5) is 6.94. The minimum atomic E-state index is 0. The molecule has 0 aromatic carbocycles. The standard InChI is InChI=1S/C15H27N5O2.HI/c1-4-16-15(17-6-5-8-21-3)20-7-9-22-14(12-20)13-10-18-19(2)11-13;/h10-11,14H,4-9,12H2,1-3H3,(H,16,17);1H. The van der Waals surface area contributed by atoms with E-state index in [0.717, 1.165) is 50.7 Å². The molecule has 1 N–H and O–H groups in total. The molecule has 1 unspecified atom stereocenters. The van der Waals surface area contributed by atoms with Gasteiger partial charge in [-0.1, -0.05) is 0 Å². The van der Waals surface area contributed by atoms with Gasteiger partial charge in [-0.15, -0.1) is 24.0 Å². The summed E-state index contributed by atoms with van der Waals surface area (Å²) in [5.41, 5.74) is 1.11. The van der Waals surface area contributed by atoms with Crippen molar-refractivity contribution >= 4 is 29.9 Å². The Morgan fingerprint density at radius 1 is 1.57 bits per heavy atom. The highest BCUT2D eigenvalue weighted by Crippen LogP contribution is 2.21. The van der Waals surface area contributed by atoms with Gasteiger partial charge in [0, 0.05) is 52.2 Å². The molecule has 1 saturated heterocycles. The van der Waals surface area contributed by atoms with E-state index in [0.29, 0.717) is 6.61 Å². The van der Waals surface area contributed by atoms with Crippen molar-refractivity contribution in [2.45, 2.75) is 19.4 Å². The number of aryl methyl sites for hydroxylation is 1. The molecular weight excluding hydrogens is 409 g/mol. The van der Waals surface area contributed by atoms with Crippen LogP contribution >= 0.6 is 24.0 Å². The largest absolute Gasteiger partial charge is 0.385 e. The maximum absolute atomic E-state index is 5.88. The van der Waals surface area contributed by atoms with Gasteiger partial charge in [0.05, 0.1) is 19.3 Å². The SMILES string of the molecule is CCNC(=NCCCOC)N1CCOC(c2cnn(C)c2)C1.I. The number of hydrogen-bond donors (Lipinski definition) is 1. The number of rotatable bonds is 6. The normalized spacial score (nSPS) is 18.7. The third kappa shape index (κ3) is 6.27. The van der Waals surface area contributed by atoms with Gasteiger partial charge in [0.25, 0.3) is 0 Å². The summed E-state index contributed by atoms with van der Waals surface area (Å²) in [6, 6.07) is 0. The van der Waals surface area contributed by atoms with Gasteiger partial charge in [0.2, 0.25) is 0 Å². The molecule has 0 spiro atoms. The zero-order chi connectivity index (χ0) is 15.8. The molecule has 1 aromatic heterocycles. The van der Waals surface area contributed by atoms with Crippen molar-refractivity contribution < 1.29 is 9.47 Å². The van der Waals surface area contributed by atoms with Crippen LogP contribution in [0, 0.1) is 0 Å². The Morgan fingerprint density at radius 2 is 2.39 bits per heavy atom. The van der Waals surface area contributed by atoms with Gasteiger partial charge in [-0.25, -0.2) is 0 Å². The van der Waals surface area contributed by atoms with Crippen molar-refractivity contribution in [1.82, 2.24) is 20.0 Å². The lowest BCUT2D eigenvalue weighted by molar-refractivity contribution is -0.00805. The minimum Gasteiger partial charge on any atom is -0.385 e. The van der Waals surface area contributed by atoms with E-state index in [1.807, 2.05) is 24.1 Å². The minimum absolute atomic E-state index is 0. The number of aromatic nitrogens is 2. The van der Waals surface area contributed by atoms with Gasteiger partial charge >= 0.3 is 0 Å². The molecule has 0 aliphatic carbocycles. The van der Waals surface area contributed by atoms with E-state index >= 15 is 0 Å². The van der Waals surface area contributed by atoms with Crippen LogP contribution in [0.2, 0.25) is 0 Å². The molecule has 23 heavy (non-hydrogen) atoms. The summed E-state index contributed by atoms with van der Waals surface area (Å²) in [7, 11) is 3.64. The number of ether oxygens (including phenoxy) is 2. The number of aliphatic imine (C=N–C) groups is 1. The van der Waals surface area contributed by atoms with E-state index in [1.54, 1.807) is 7.11 Å². The third-order valence-electron chi connectivity index (χ3n) is 3.57. The van der Waals surface area contributed by atoms with E-state index in [2.05, 4.69) is 27.2 Å². The first-order valence-corrected chi connectivity index (χ1v) is 7.87. The number of nitrogens with one attached hydrogen (secondary N) is 1. The zero-order valence-electron chi connectivity index (χ0n) is 14.2. The molecule has 1 fully saturated rings. The maximum Gasteiger partial charge on any atom is 0.194 e. The Labute approximate surface area is 155 Å². The van der Waals surface area contributed by atoms with Crippen molar-refractivity contribution in [3.63, 3.8) is 0 Å². The number of nitrogens with zero attached hydrogens (tertiary/aromatic N) is 4. The second-order valence-electron chi connectivity index (χ2n) is 5.33. The average molecular weight is 437 g/mol. The molecule has 1 aliphatic rings. The fourth-order valence-electron chi connectivity index (χ4n) is 2.47. The van der Waals surface area contributed by atoms with Crippen LogP contribution in [0.1, 0.15) is 25.0 Å². The van der Waals surface area contributed by atoms with Crippen LogP contribution in [0.25, 0.3) is 0 Å². The van der Waals surface area contributed by atoms with E-state index < -0.39 is 0 Å². The molecule has 1 atom stereocenters. The van der Waals surface area contributed by atoms with Crippen molar-refractivity contribution in [3.8, 4) is 0 Å². The summed E-state index contributed by atoms with van der Waals surface area (Å²) in [6.07, 6.45) is 4.86. The number of methoxy groups -OCH3 is 1. The molecule has 2 heterocycles. The van der Waals surface area contributed by atoms with Crippen LogP contribution in [0.3, 0.4) is 0 Å². The predicted octanol–water partition coefficient (Wildman–Crippen LogP) is 1.41. The Bertz CT molecular complexity index is 480. The van der Waals surface area contributed by atoms with Crippen LogP contribution in [0.5, 0.6) is 0 Å². The van der Waals surface area contributed by atoms with Crippen molar-refractivity contribution in [2.24, 2.45) is 12.0 Å². The van der Waals surface area contributed by atoms with Crippen molar-refractivity contribution in [1.29, 1.82) is 0 Å². The lowest BCUT2D eigenvalue weighted by atomic mass is 10.1. The highest BCUT2D eigenvalue weighted by Gasteiger charge is 2.24. The number of guanidine groups is 1.